The van der Waals surface area contributed by atoms with E-state index in [0.29, 0.717) is 5.56 Å². The van der Waals surface area contributed by atoms with E-state index in [0.717, 1.165) is 10.5 Å². The molecule has 0 spiro atoms. The first-order valence-corrected chi connectivity index (χ1v) is 10.5. The summed E-state index contributed by atoms with van der Waals surface area (Å²) in [6.45, 7) is 0.150. The van der Waals surface area contributed by atoms with E-state index in [1.165, 1.54) is 35.2 Å². The molecule has 0 saturated heterocycles. The first-order chi connectivity index (χ1) is 15.8. The predicted octanol–water partition coefficient (Wildman–Crippen LogP) is 4.09. The standard InChI is InChI=1S/C25H20ClN3O4/c1-28(2)23(31)17-9-11-20(26)21(13-17)27-22(30)16-8-10-18-19(12-16)25(33)29(24(18)32)14-15-6-4-3-5-7-15/h3-13H,14H2,1-2H3,(H,27,30). The summed E-state index contributed by atoms with van der Waals surface area (Å²) < 4.78 is 0. The molecule has 4 amide bonds. The summed E-state index contributed by atoms with van der Waals surface area (Å²) in [5.41, 5.74) is 2.08. The van der Waals surface area contributed by atoms with Gasteiger partial charge in [0, 0.05) is 25.2 Å². The van der Waals surface area contributed by atoms with Crippen molar-refractivity contribution in [2.75, 3.05) is 19.4 Å². The van der Waals surface area contributed by atoms with Crippen molar-refractivity contribution >= 4 is 40.9 Å². The first-order valence-electron chi connectivity index (χ1n) is 10.1. The van der Waals surface area contributed by atoms with Gasteiger partial charge >= 0.3 is 0 Å². The second-order valence-corrected chi connectivity index (χ2v) is 8.20. The molecule has 0 bridgehead atoms. The Hall–Kier alpha value is -3.97. The zero-order chi connectivity index (χ0) is 23.7. The number of carbonyl (C=O) groups excluding carboxylic acids is 4. The lowest BCUT2D eigenvalue weighted by atomic mass is 10.1. The molecule has 3 aromatic rings. The van der Waals surface area contributed by atoms with E-state index in [-0.39, 0.29) is 39.9 Å². The molecule has 0 aromatic heterocycles. The van der Waals surface area contributed by atoms with E-state index >= 15 is 0 Å². The monoisotopic (exact) mass is 461 g/mol. The number of amides is 4. The van der Waals surface area contributed by atoms with Crippen molar-refractivity contribution in [2.45, 2.75) is 6.54 Å². The topological polar surface area (TPSA) is 86.8 Å². The molecule has 0 aliphatic carbocycles. The molecule has 0 unspecified atom stereocenters. The normalized spacial score (nSPS) is 12.5. The Morgan fingerprint density at radius 3 is 2.24 bits per heavy atom. The smallest absolute Gasteiger partial charge is 0.261 e. The first kappa shape index (κ1) is 22.2. The van der Waals surface area contributed by atoms with Gasteiger partial charge < -0.3 is 10.2 Å². The molecule has 4 rings (SSSR count). The molecule has 1 aliphatic rings. The Labute approximate surface area is 195 Å². The minimum absolute atomic E-state index is 0.150. The van der Waals surface area contributed by atoms with Gasteiger partial charge in [0.2, 0.25) is 0 Å². The quantitative estimate of drug-likeness (QED) is 0.580. The van der Waals surface area contributed by atoms with Crippen molar-refractivity contribution in [2.24, 2.45) is 0 Å². The Morgan fingerprint density at radius 2 is 1.55 bits per heavy atom. The Kier molecular flexibility index (Phi) is 5.98. The van der Waals surface area contributed by atoms with E-state index in [9.17, 15) is 19.2 Å². The maximum Gasteiger partial charge on any atom is 0.261 e. The van der Waals surface area contributed by atoms with E-state index < -0.39 is 17.7 Å². The van der Waals surface area contributed by atoms with Crippen LogP contribution in [0, 0.1) is 0 Å². The summed E-state index contributed by atoms with van der Waals surface area (Å²) >= 11 is 6.20. The SMILES string of the molecule is CN(C)C(=O)c1ccc(Cl)c(NC(=O)c2ccc3c(c2)C(=O)N(Cc2ccccc2)C3=O)c1. The maximum absolute atomic E-state index is 12.9. The van der Waals surface area contributed by atoms with Crippen LogP contribution in [0.3, 0.4) is 0 Å². The average Bonchev–Trinajstić information content (AvgIpc) is 3.05. The zero-order valence-corrected chi connectivity index (χ0v) is 18.7. The average molecular weight is 462 g/mol. The maximum atomic E-state index is 12.9. The summed E-state index contributed by atoms with van der Waals surface area (Å²) in [7, 11) is 3.25. The van der Waals surface area contributed by atoms with E-state index in [4.69, 9.17) is 11.6 Å². The van der Waals surface area contributed by atoms with Crippen LogP contribution in [0.4, 0.5) is 5.69 Å². The number of hydrogen-bond acceptors (Lipinski definition) is 4. The molecule has 1 heterocycles. The fourth-order valence-corrected chi connectivity index (χ4v) is 3.71. The number of carbonyl (C=O) groups is 4. The molecule has 0 atom stereocenters. The summed E-state index contributed by atoms with van der Waals surface area (Å²) in [5.74, 6) is -1.60. The second-order valence-electron chi connectivity index (χ2n) is 7.79. The van der Waals surface area contributed by atoms with Gasteiger partial charge in [-0.25, -0.2) is 0 Å². The minimum atomic E-state index is -0.518. The largest absolute Gasteiger partial charge is 0.345 e. The van der Waals surface area contributed by atoms with Gasteiger partial charge in [-0.2, -0.15) is 0 Å². The van der Waals surface area contributed by atoms with E-state index in [1.54, 1.807) is 20.2 Å². The van der Waals surface area contributed by atoms with Gasteiger partial charge in [0.05, 0.1) is 28.4 Å². The zero-order valence-electron chi connectivity index (χ0n) is 18.0. The molecule has 8 heteroatoms. The highest BCUT2D eigenvalue weighted by Gasteiger charge is 2.36. The number of fused-ring (bicyclic) bond motifs is 1. The Bertz CT molecular complexity index is 1290. The van der Waals surface area contributed by atoms with Gasteiger partial charge in [-0.3, -0.25) is 24.1 Å². The van der Waals surface area contributed by atoms with E-state index in [2.05, 4.69) is 5.32 Å². The van der Waals surface area contributed by atoms with Crippen LogP contribution in [0.15, 0.2) is 66.7 Å². The molecular weight excluding hydrogens is 442 g/mol. The second kappa shape index (κ2) is 8.88. The number of rotatable bonds is 5. The highest BCUT2D eigenvalue weighted by atomic mass is 35.5. The summed E-state index contributed by atoms with van der Waals surface area (Å²) in [5, 5.41) is 2.94. The van der Waals surface area contributed by atoms with Crippen molar-refractivity contribution in [3.63, 3.8) is 0 Å². The number of nitrogens with one attached hydrogen (secondary N) is 1. The third-order valence-electron chi connectivity index (χ3n) is 5.28. The number of nitrogens with zero attached hydrogens (tertiary/aromatic N) is 2. The highest BCUT2D eigenvalue weighted by molar-refractivity contribution is 6.34. The van der Waals surface area contributed by atoms with Crippen LogP contribution in [0.2, 0.25) is 5.02 Å². The number of benzene rings is 3. The molecule has 7 nitrogen and oxygen atoms in total. The van der Waals surface area contributed by atoms with Gasteiger partial charge in [-0.05, 0) is 42.0 Å². The van der Waals surface area contributed by atoms with Gasteiger partial charge in [0.15, 0.2) is 0 Å². The van der Waals surface area contributed by atoms with Crippen LogP contribution in [0.25, 0.3) is 0 Å². The lowest BCUT2D eigenvalue weighted by Gasteiger charge is -2.13. The van der Waals surface area contributed by atoms with Crippen LogP contribution in [-0.4, -0.2) is 47.5 Å². The van der Waals surface area contributed by atoms with Crippen LogP contribution in [-0.2, 0) is 6.54 Å². The van der Waals surface area contributed by atoms with Gasteiger partial charge in [-0.15, -0.1) is 0 Å². The molecule has 3 aromatic carbocycles. The summed E-state index contributed by atoms with van der Waals surface area (Å²) in [6.07, 6.45) is 0. The van der Waals surface area contributed by atoms with Crippen LogP contribution < -0.4 is 5.32 Å². The number of imide groups is 1. The Balaban J connectivity index is 1.57. The van der Waals surface area contributed by atoms with E-state index in [1.807, 2.05) is 30.3 Å². The van der Waals surface area contributed by atoms with Gasteiger partial charge in [0.25, 0.3) is 23.6 Å². The number of halogens is 1. The van der Waals surface area contributed by atoms with Crippen molar-refractivity contribution < 1.29 is 19.2 Å². The van der Waals surface area contributed by atoms with Crippen LogP contribution >= 0.6 is 11.6 Å². The highest BCUT2D eigenvalue weighted by Crippen LogP contribution is 2.27. The molecular formula is C25H20ClN3O4. The van der Waals surface area contributed by atoms with Crippen molar-refractivity contribution in [3.05, 3.63) is 99.6 Å². The lowest BCUT2D eigenvalue weighted by molar-refractivity contribution is 0.0641. The lowest BCUT2D eigenvalue weighted by Crippen LogP contribution is -2.29. The minimum Gasteiger partial charge on any atom is -0.345 e. The van der Waals surface area contributed by atoms with Crippen LogP contribution in [0.5, 0.6) is 0 Å². The molecule has 166 valence electrons. The third-order valence-corrected chi connectivity index (χ3v) is 5.61. The van der Waals surface area contributed by atoms with Gasteiger partial charge in [0.1, 0.15) is 0 Å². The van der Waals surface area contributed by atoms with Crippen LogP contribution in [0.1, 0.15) is 47.0 Å². The molecule has 0 saturated carbocycles. The molecule has 33 heavy (non-hydrogen) atoms. The van der Waals surface area contributed by atoms with Crippen molar-refractivity contribution in [1.82, 2.24) is 9.80 Å². The van der Waals surface area contributed by atoms with Gasteiger partial charge in [-0.1, -0.05) is 41.9 Å². The molecule has 1 aliphatic heterocycles. The third kappa shape index (κ3) is 4.36. The Morgan fingerprint density at radius 1 is 0.879 bits per heavy atom. The van der Waals surface area contributed by atoms with Crippen molar-refractivity contribution in [1.29, 1.82) is 0 Å². The molecule has 1 N–H and O–H groups in total. The molecule has 0 fully saturated rings. The number of anilines is 1. The molecule has 0 radical (unpaired) electrons. The fraction of sp³-hybridized carbons (Fsp3) is 0.120. The summed E-state index contributed by atoms with van der Waals surface area (Å²) in [6, 6.07) is 18.1. The fourth-order valence-electron chi connectivity index (χ4n) is 3.55. The van der Waals surface area contributed by atoms with Crippen molar-refractivity contribution in [3.8, 4) is 0 Å². The number of hydrogen-bond donors (Lipinski definition) is 1. The summed E-state index contributed by atoms with van der Waals surface area (Å²) in [4.78, 5) is 53.3. The predicted molar refractivity (Wildman–Crippen MR) is 125 cm³/mol.